The number of benzene rings is 1. The van der Waals surface area contributed by atoms with E-state index in [1.807, 2.05) is 12.3 Å². The molecule has 1 aromatic rings. The average Bonchev–Trinajstić information content (AvgIpc) is 2.75. The van der Waals surface area contributed by atoms with Gasteiger partial charge in [0.05, 0.1) is 11.6 Å². The van der Waals surface area contributed by atoms with Gasteiger partial charge in [-0.1, -0.05) is 24.3 Å². The van der Waals surface area contributed by atoms with Crippen LogP contribution in [0, 0.1) is 11.3 Å². The lowest BCUT2D eigenvalue weighted by molar-refractivity contribution is -0.138. The Balaban J connectivity index is 2.25. The number of thioether (sulfide) groups is 1. The van der Waals surface area contributed by atoms with Gasteiger partial charge < -0.3 is 9.64 Å². The third-order valence-electron chi connectivity index (χ3n) is 3.71. The maximum absolute atomic E-state index is 12.0. The Morgan fingerprint density at radius 3 is 2.36 bits per heavy atom. The Morgan fingerprint density at radius 1 is 1.32 bits per heavy atom. The van der Waals surface area contributed by atoms with Crippen molar-refractivity contribution in [2.75, 3.05) is 26.0 Å². The van der Waals surface area contributed by atoms with Crippen LogP contribution in [0.2, 0.25) is 0 Å². The summed E-state index contributed by atoms with van der Waals surface area (Å²) in [6.45, 7) is 3.63. The van der Waals surface area contributed by atoms with Gasteiger partial charge in [-0.15, -0.1) is 11.8 Å². The quantitative estimate of drug-likeness (QED) is 0.486. The summed E-state index contributed by atoms with van der Waals surface area (Å²) in [7, 11) is 0. The predicted molar refractivity (Wildman–Crippen MR) is 88.2 cm³/mol. The van der Waals surface area contributed by atoms with Crippen LogP contribution in [0.15, 0.2) is 34.9 Å². The maximum Gasteiger partial charge on any atom is 0.351 e. The van der Waals surface area contributed by atoms with Crippen molar-refractivity contribution in [1.29, 1.82) is 5.26 Å². The van der Waals surface area contributed by atoms with Crippen LogP contribution < -0.4 is 0 Å². The molecule has 1 aliphatic rings. The number of ether oxygens (including phenoxy) is 1. The normalized spacial score (nSPS) is 15.2. The van der Waals surface area contributed by atoms with E-state index in [1.165, 1.54) is 22.9 Å². The number of esters is 1. The molecular weight excluding hydrogens is 296 g/mol. The molecule has 0 spiro atoms. The fourth-order valence-electron chi connectivity index (χ4n) is 2.64. The molecule has 1 heterocycles. The summed E-state index contributed by atoms with van der Waals surface area (Å²) in [5.74, 6) is -0.531. The van der Waals surface area contributed by atoms with Gasteiger partial charge in [-0.2, -0.15) is 5.26 Å². The van der Waals surface area contributed by atoms with Crippen molar-refractivity contribution < 1.29 is 9.53 Å². The molecule has 0 unspecified atom stereocenters. The first-order valence-corrected chi connectivity index (χ1v) is 8.61. The molecule has 0 bridgehead atoms. The molecule has 0 atom stereocenters. The summed E-state index contributed by atoms with van der Waals surface area (Å²) in [5.41, 5.74) is 2.81. The minimum atomic E-state index is -0.531. The smallest absolute Gasteiger partial charge is 0.351 e. The minimum absolute atomic E-state index is 0.111. The molecule has 0 aliphatic carbocycles. The number of hydrogen-bond acceptors (Lipinski definition) is 5. The molecule has 0 saturated heterocycles. The van der Waals surface area contributed by atoms with Gasteiger partial charge in [0.25, 0.3) is 0 Å². The first kappa shape index (κ1) is 16.4. The SMILES string of the molecule is CCOC(=O)C(C#N)=C(SC)N1CCc2ccccc2CC1. The number of carbonyl (C=O) groups excluding carboxylic acids is 1. The van der Waals surface area contributed by atoms with Crippen LogP contribution in [0.4, 0.5) is 0 Å². The number of nitriles is 1. The zero-order valence-corrected chi connectivity index (χ0v) is 13.8. The highest BCUT2D eigenvalue weighted by molar-refractivity contribution is 8.02. The van der Waals surface area contributed by atoms with Crippen molar-refractivity contribution >= 4 is 17.7 Å². The second kappa shape index (κ2) is 7.90. The maximum atomic E-state index is 12.0. The van der Waals surface area contributed by atoms with Crippen molar-refractivity contribution in [1.82, 2.24) is 4.90 Å². The van der Waals surface area contributed by atoms with Crippen molar-refractivity contribution in [2.45, 2.75) is 19.8 Å². The molecule has 0 amide bonds. The Labute approximate surface area is 135 Å². The predicted octanol–water partition coefficient (Wildman–Crippen LogP) is 2.75. The summed E-state index contributed by atoms with van der Waals surface area (Å²) in [5, 5.41) is 10.1. The average molecular weight is 316 g/mol. The van der Waals surface area contributed by atoms with Crippen LogP contribution in [0.3, 0.4) is 0 Å². The highest BCUT2D eigenvalue weighted by Crippen LogP contribution is 2.26. The first-order valence-electron chi connectivity index (χ1n) is 7.38. The molecule has 2 rings (SSSR count). The Hall–Kier alpha value is -1.93. The highest BCUT2D eigenvalue weighted by Gasteiger charge is 2.23. The molecule has 0 saturated carbocycles. The summed E-state index contributed by atoms with van der Waals surface area (Å²) >= 11 is 1.43. The zero-order chi connectivity index (χ0) is 15.9. The topological polar surface area (TPSA) is 53.3 Å². The number of hydrogen-bond donors (Lipinski definition) is 0. The van der Waals surface area contributed by atoms with E-state index in [9.17, 15) is 10.1 Å². The van der Waals surface area contributed by atoms with Crippen LogP contribution in [-0.2, 0) is 22.4 Å². The van der Waals surface area contributed by atoms with Gasteiger partial charge in [0.1, 0.15) is 6.07 Å². The molecule has 22 heavy (non-hydrogen) atoms. The molecule has 1 aromatic carbocycles. The van der Waals surface area contributed by atoms with Crippen LogP contribution in [0.5, 0.6) is 0 Å². The van der Waals surface area contributed by atoms with Crippen LogP contribution >= 0.6 is 11.8 Å². The molecular formula is C17H20N2O2S. The van der Waals surface area contributed by atoms with Gasteiger partial charge in [0.15, 0.2) is 5.57 Å². The van der Waals surface area contributed by atoms with Crippen molar-refractivity contribution in [3.8, 4) is 6.07 Å². The number of rotatable bonds is 4. The molecule has 4 nitrogen and oxygen atoms in total. The van der Waals surface area contributed by atoms with Gasteiger partial charge in [-0.3, -0.25) is 0 Å². The molecule has 0 N–H and O–H groups in total. The standard InChI is InChI=1S/C17H20N2O2S/c1-3-21-17(20)15(12-18)16(22-2)19-10-8-13-6-4-5-7-14(13)9-11-19/h4-7H,3,8-11H2,1-2H3. The lowest BCUT2D eigenvalue weighted by Crippen LogP contribution is -2.27. The van der Waals surface area contributed by atoms with Gasteiger partial charge in [-0.25, -0.2) is 4.79 Å². The van der Waals surface area contributed by atoms with Gasteiger partial charge >= 0.3 is 5.97 Å². The lowest BCUT2D eigenvalue weighted by Gasteiger charge is -2.25. The Kier molecular flexibility index (Phi) is 5.91. The van der Waals surface area contributed by atoms with E-state index in [-0.39, 0.29) is 12.2 Å². The van der Waals surface area contributed by atoms with E-state index in [0.29, 0.717) is 5.03 Å². The van der Waals surface area contributed by atoms with Gasteiger partial charge in [-0.05, 0) is 37.1 Å². The molecule has 116 valence electrons. The van der Waals surface area contributed by atoms with E-state index in [2.05, 4.69) is 29.2 Å². The molecule has 0 radical (unpaired) electrons. The number of carbonyl (C=O) groups is 1. The van der Waals surface area contributed by atoms with Crippen molar-refractivity contribution in [2.24, 2.45) is 0 Å². The summed E-state index contributed by atoms with van der Waals surface area (Å²) < 4.78 is 5.00. The molecule has 0 aromatic heterocycles. The van der Waals surface area contributed by atoms with Gasteiger partial charge in [0.2, 0.25) is 0 Å². The number of fused-ring (bicyclic) bond motifs is 1. The highest BCUT2D eigenvalue weighted by atomic mass is 32.2. The second-order valence-electron chi connectivity index (χ2n) is 4.97. The lowest BCUT2D eigenvalue weighted by atomic mass is 10.0. The monoisotopic (exact) mass is 316 g/mol. The first-order chi connectivity index (χ1) is 10.7. The summed E-state index contributed by atoms with van der Waals surface area (Å²) in [6, 6.07) is 10.4. The summed E-state index contributed by atoms with van der Waals surface area (Å²) in [4.78, 5) is 14.1. The molecule has 5 heteroatoms. The van der Waals surface area contributed by atoms with E-state index in [4.69, 9.17) is 4.74 Å². The third kappa shape index (κ3) is 3.63. The van der Waals surface area contributed by atoms with Crippen LogP contribution in [0.1, 0.15) is 18.1 Å². The third-order valence-corrected chi connectivity index (χ3v) is 4.56. The van der Waals surface area contributed by atoms with E-state index < -0.39 is 5.97 Å². The largest absolute Gasteiger partial charge is 0.462 e. The summed E-state index contributed by atoms with van der Waals surface area (Å²) in [6.07, 6.45) is 3.73. The van der Waals surface area contributed by atoms with Crippen molar-refractivity contribution in [3.63, 3.8) is 0 Å². The van der Waals surface area contributed by atoms with Crippen LogP contribution in [-0.4, -0.2) is 36.8 Å². The van der Waals surface area contributed by atoms with E-state index in [0.717, 1.165) is 25.9 Å². The van der Waals surface area contributed by atoms with Crippen LogP contribution in [0.25, 0.3) is 0 Å². The fraction of sp³-hybridized carbons (Fsp3) is 0.412. The molecule has 1 aliphatic heterocycles. The zero-order valence-electron chi connectivity index (χ0n) is 13.0. The Bertz CT molecular complexity index is 592. The molecule has 0 fully saturated rings. The van der Waals surface area contributed by atoms with Gasteiger partial charge in [0, 0.05) is 13.1 Å². The minimum Gasteiger partial charge on any atom is -0.462 e. The second-order valence-corrected chi connectivity index (χ2v) is 5.77. The van der Waals surface area contributed by atoms with E-state index in [1.54, 1.807) is 6.92 Å². The van der Waals surface area contributed by atoms with Crippen molar-refractivity contribution in [3.05, 3.63) is 46.0 Å². The van der Waals surface area contributed by atoms with E-state index >= 15 is 0 Å². The Morgan fingerprint density at radius 2 is 1.91 bits per heavy atom. The number of nitrogens with zero attached hydrogens (tertiary/aromatic N) is 2. The fourth-order valence-corrected chi connectivity index (χ4v) is 3.42.